The van der Waals surface area contributed by atoms with Crippen molar-refractivity contribution in [3.8, 4) is 22.6 Å². The molecule has 1 aromatic heterocycles. The molecule has 1 aliphatic heterocycles. The van der Waals surface area contributed by atoms with Crippen LogP contribution in [0.2, 0.25) is 0 Å². The number of amides is 1. The van der Waals surface area contributed by atoms with Gasteiger partial charge in [0.05, 0.1) is 6.54 Å². The zero-order chi connectivity index (χ0) is 18.1. The molecule has 2 aromatic carbocycles. The van der Waals surface area contributed by atoms with Crippen molar-refractivity contribution in [3.05, 3.63) is 47.3 Å². The summed E-state index contributed by atoms with van der Waals surface area (Å²) in [5.41, 5.74) is 2.96. The fourth-order valence-corrected chi connectivity index (χ4v) is 4.30. The third kappa shape index (κ3) is 3.13. The van der Waals surface area contributed by atoms with Gasteiger partial charge in [0.25, 0.3) is 0 Å². The lowest BCUT2D eigenvalue weighted by molar-refractivity contribution is -0.121. The fourth-order valence-electron chi connectivity index (χ4n) is 3.33. The van der Waals surface area contributed by atoms with E-state index in [1.165, 1.54) is 10.1 Å². The Labute approximate surface area is 155 Å². The van der Waals surface area contributed by atoms with Crippen LogP contribution in [0.5, 0.6) is 11.5 Å². The Balaban J connectivity index is 1.73. The predicted molar refractivity (Wildman–Crippen MR) is 104 cm³/mol. The molecule has 0 fully saturated rings. The van der Waals surface area contributed by atoms with Gasteiger partial charge in [-0.15, -0.1) is 11.3 Å². The van der Waals surface area contributed by atoms with E-state index in [1.54, 1.807) is 24.5 Å². The Morgan fingerprint density at radius 2 is 2.19 bits per heavy atom. The molecule has 4 rings (SSSR count). The van der Waals surface area contributed by atoms with Crippen LogP contribution in [0, 0.1) is 0 Å². The zero-order valence-corrected chi connectivity index (χ0v) is 15.3. The third-order valence-electron chi connectivity index (χ3n) is 4.63. The topological polar surface area (TPSA) is 61.8 Å². The van der Waals surface area contributed by atoms with E-state index in [0.29, 0.717) is 32.0 Å². The van der Waals surface area contributed by atoms with Gasteiger partial charge in [0.1, 0.15) is 6.61 Å². The maximum absolute atomic E-state index is 11.7. The Morgan fingerprint density at radius 1 is 1.35 bits per heavy atom. The number of rotatable bonds is 3. The van der Waals surface area contributed by atoms with Crippen molar-refractivity contribution in [1.82, 2.24) is 10.2 Å². The quantitative estimate of drug-likeness (QED) is 0.745. The Kier molecular flexibility index (Phi) is 4.53. The van der Waals surface area contributed by atoms with E-state index in [4.69, 9.17) is 4.74 Å². The summed E-state index contributed by atoms with van der Waals surface area (Å²) in [5, 5.41) is 16.5. The first kappa shape index (κ1) is 16.9. The van der Waals surface area contributed by atoms with Gasteiger partial charge >= 0.3 is 0 Å². The van der Waals surface area contributed by atoms with Gasteiger partial charge in [-0.2, -0.15) is 0 Å². The number of fused-ring (bicyclic) bond motifs is 2. The normalized spacial score (nSPS) is 14.5. The number of likely N-dealkylation sites (N-methyl/N-ethyl adjacent to an activating group) is 1. The van der Waals surface area contributed by atoms with Crippen molar-refractivity contribution in [1.29, 1.82) is 0 Å². The van der Waals surface area contributed by atoms with Gasteiger partial charge in [0.2, 0.25) is 5.91 Å². The van der Waals surface area contributed by atoms with E-state index in [2.05, 4.69) is 28.9 Å². The van der Waals surface area contributed by atoms with E-state index in [-0.39, 0.29) is 11.7 Å². The molecule has 0 aliphatic carbocycles. The number of thiophene rings is 1. The zero-order valence-electron chi connectivity index (χ0n) is 14.5. The molecule has 134 valence electrons. The van der Waals surface area contributed by atoms with Crippen LogP contribution in [0.15, 0.2) is 41.8 Å². The van der Waals surface area contributed by atoms with Crippen LogP contribution in [-0.4, -0.2) is 42.7 Å². The summed E-state index contributed by atoms with van der Waals surface area (Å²) in [6.07, 6.45) is 0. The van der Waals surface area contributed by atoms with Crippen molar-refractivity contribution < 1.29 is 14.6 Å². The van der Waals surface area contributed by atoms with Crippen molar-refractivity contribution in [2.24, 2.45) is 0 Å². The van der Waals surface area contributed by atoms with Crippen LogP contribution < -0.4 is 10.1 Å². The summed E-state index contributed by atoms with van der Waals surface area (Å²) in [7, 11) is 1.64. The van der Waals surface area contributed by atoms with Crippen LogP contribution in [0.4, 0.5) is 0 Å². The minimum absolute atomic E-state index is 0.0299. The lowest BCUT2D eigenvalue weighted by Gasteiger charge is -2.18. The summed E-state index contributed by atoms with van der Waals surface area (Å²) in [4.78, 5) is 13.8. The molecule has 0 saturated heterocycles. The maximum atomic E-state index is 11.7. The van der Waals surface area contributed by atoms with Gasteiger partial charge in [-0.3, -0.25) is 9.69 Å². The van der Waals surface area contributed by atoms with Gasteiger partial charge in [-0.25, -0.2) is 0 Å². The molecule has 2 heterocycles. The van der Waals surface area contributed by atoms with Crippen LogP contribution >= 0.6 is 11.3 Å². The lowest BCUT2D eigenvalue weighted by atomic mass is 10.0. The molecule has 1 amide bonds. The average Bonchev–Trinajstić information content (AvgIpc) is 2.96. The first-order valence-electron chi connectivity index (χ1n) is 8.54. The second-order valence-corrected chi connectivity index (χ2v) is 7.27. The highest BCUT2D eigenvalue weighted by Crippen LogP contribution is 2.41. The van der Waals surface area contributed by atoms with E-state index < -0.39 is 0 Å². The molecule has 6 heteroatoms. The molecular formula is C20H20N2O3S. The van der Waals surface area contributed by atoms with E-state index in [9.17, 15) is 9.90 Å². The predicted octanol–water partition coefficient (Wildman–Crippen LogP) is 3.21. The summed E-state index contributed by atoms with van der Waals surface area (Å²) >= 11 is 1.69. The summed E-state index contributed by atoms with van der Waals surface area (Å²) < 4.78 is 6.98. The highest BCUT2D eigenvalue weighted by molar-refractivity contribution is 7.17. The molecular weight excluding hydrogens is 348 g/mol. The third-order valence-corrected chi connectivity index (χ3v) is 5.60. The van der Waals surface area contributed by atoms with Crippen LogP contribution in [0.3, 0.4) is 0 Å². The van der Waals surface area contributed by atoms with Crippen molar-refractivity contribution in [2.75, 3.05) is 26.7 Å². The molecule has 1 aliphatic rings. The molecule has 0 radical (unpaired) electrons. The molecule has 0 atom stereocenters. The highest BCUT2D eigenvalue weighted by atomic mass is 32.1. The number of carbonyl (C=O) groups is 1. The van der Waals surface area contributed by atoms with Crippen LogP contribution in [0.25, 0.3) is 21.2 Å². The van der Waals surface area contributed by atoms with Gasteiger partial charge in [0, 0.05) is 41.4 Å². The monoisotopic (exact) mass is 368 g/mol. The number of benzene rings is 2. The van der Waals surface area contributed by atoms with Gasteiger partial charge < -0.3 is 15.2 Å². The van der Waals surface area contributed by atoms with Crippen LogP contribution in [0.1, 0.15) is 5.56 Å². The minimum atomic E-state index is -0.0299. The van der Waals surface area contributed by atoms with Crippen molar-refractivity contribution in [2.45, 2.75) is 6.54 Å². The Hall–Kier alpha value is -2.57. The second-order valence-electron chi connectivity index (χ2n) is 6.36. The van der Waals surface area contributed by atoms with Gasteiger partial charge in [0.15, 0.2) is 11.5 Å². The van der Waals surface area contributed by atoms with Gasteiger partial charge in [-0.05, 0) is 29.1 Å². The minimum Gasteiger partial charge on any atom is -0.504 e. The average molecular weight is 368 g/mol. The molecule has 0 spiro atoms. The summed E-state index contributed by atoms with van der Waals surface area (Å²) in [6, 6.07) is 12.1. The van der Waals surface area contributed by atoms with E-state index >= 15 is 0 Å². The van der Waals surface area contributed by atoms with Crippen LogP contribution in [-0.2, 0) is 11.3 Å². The molecule has 5 nitrogen and oxygen atoms in total. The van der Waals surface area contributed by atoms with E-state index in [1.807, 2.05) is 17.0 Å². The first-order chi connectivity index (χ1) is 12.7. The fraction of sp³-hybridized carbons (Fsp3) is 0.250. The van der Waals surface area contributed by atoms with Crippen molar-refractivity contribution in [3.63, 3.8) is 0 Å². The number of phenolic OH excluding ortho intramolecular Hbond substituents is 1. The smallest absolute Gasteiger partial charge is 0.233 e. The number of ether oxygens (including phenoxy) is 1. The Bertz CT molecular complexity index is 967. The molecule has 0 bridgehead atoms. The molecule has 3 aromatic rings. The maximum Gasteiger partial charge on any atom is 0.233 e. The SMILES string of the molecule is CNC(=O)CN1CCOc2c(O)cc(-c3csc4ccccc34)cc2C1. The standard InChI is InChI=1S/C20H20N2O3S/c1-21-19(24)11-22-6-7-25-20-14(10-22)8-13(9-17(20)23)16-12-26-18-5-3-2-4-15(16)18/h2-5,8-9,12,23H,6-7,10-11H2,1H3,(H,21,24). The number of nitrogens with one attached hydrogen (secondary N) is 1. The molecule has 0 unspecified atom stereocenters. The largest absolute Gasteiger partial charge is 0.504 e. The first-order valence-corrected chi connectivity index (χ1v) is 9.42. The number of carbonyl (C=O) groups excluding carboxylic acids is 1. The van der Waals surface area contributed by atoms with Crippen molar-refractivity contribution >= 4 is 27.3 Å². The second kappa shape index (κ2) is 6.97. The number of phenols is 1. The molecule has 26 heavy (non-hydrogen) atoms. The number of hydrogen-bond donors (Lipinski definition) is 2. The number of hydrogen-bond acceptors (Lipinski definition) is 5. The number of nitrogens with zero attached hydrogens (tertiary/aromatic N) is 1. The number of aromatic hydroxyl groups is 1. The summed E-state index contributed by atoms with van der Waals surface area (Å²) in [5.74, 6) is 0.639. The molecule has 2 N–H and O–H groups in total. The Morgan fingerprint density at radius 3 is 3.04 bits per heavy atom. The lowest BCUT2D eigenvalue weighted by Crippen LogP contribution is -2.36. The van der Waals surface area contributed by atoms with E-state index in [0.717, 1.165) is 16.7 Å². The summed E-state index contributed by atoms with van der Waals surface area (Å²) in [6.45, 7) is 1.95. The van der Waals surface area contributed by atoms with Gasteiger partial charge in [-0.1, -0.05) is 18.2 Å². The highest BCUT2D eigenvalue weighted by Gasteiger charge is 2.21. The molecule has 0 saturated carbocycles.